The first-order chi connectivity index (χ1) is 7.36. The molecule has 0 atom stereocenters. The van der Waals surface area contributed by atoms with Gasteiger partial charge >= 0.3 is 12.1 Å². The van der Waals surface area contributed by atoms with Crippen molar-refractivity contribution in [2.45, 2.75) is 0 Å². The molecule has 1 rings (SSSR count). The maximum absolute atomic E-state index is 10.7. The highest BCUT2D eigenvalue weighted by atomic mass is 35.5. The first kappa shape index (κ1) is 15.2. The highest BCUT2D eigenvalue weighted by Crippen LogP contribution is 2.36. The molecular formula is C8H2Cl4O4. The van der Waals surface area contributed by atoms with Gasteiger partial charge in [-0.25, -0.2) is 4.79 Å². The van der Waals surface area contributed by atoms with Gasteiger partial charge in [-0.2, -0.15) is 9.59 Å². The molecule has 0 heterocycles. The Kier molecular flexibility index (Phi) is 6.41. The van der Waals surface area contributed by atoms with Crippen LogP contribution in [0.2, 0.25) is 20.1 Å². The fraction of sp³-hybridized carbons (Fsp3) is 0. The summed E-state index contributed by atoms with van der Waals surface area (Å²) in [4.78, 5) is 26.9. The first-order valence-corrected chi connectivity index (χ1v) is 4.93. The Labute approximate surface area is 110 Å². The molecule has 86 valence electrons. The van der Waals surface area contributed by atoms with E-state index in [4.69, 9.17) is 61.1 Å². The summed E-state index contributed by atoms with van der Waals surface area (Å²) in [5, 5.41) is 8.62. The maximum Gasteiger partial charge on any atom is 0.373 e. The molecule has 0 radical (unpaired) electrons. The van der Waals surface area contributed by atoms with Gasteiger partial charge in [0.1, 0.15) is 0 Å². The number of carbonyl (C=O) groups excluding carboxylic acids is 2. The molecule has 0 bridgehead atoms. The SMILES string of the molecule is O=C(O)c1c(Cl)c(Cl)cc(Cl)c1Cl.O=C=O. The van der Waals surface area contributed by atoms with E-state index in [2.05, 4.69) is 0 Å². The van der Waals surface area contributed by atoms with E-state index in [9.17, 15) is 4.79 Å². The van der Waals surface area contributed by atoms with Crippen molar-refractivity contribution in [3.8, 4) is 0 Å². The average molecular weight is 304 g/mol. The van der Waals surface area contributed by atoms with E-state index in [0.29, 0.717) is 0 Å². The molecule has 0 spiro atoms. The zero-order chi connectivity index (χ0) is 12.9. The van der Waals surface area contributed by atoms with E-state index in [0.717, 1.165) is 0 Å². The Morgan fingerprint density at radius 1 is 1.06 bits per heavy atom. The number of halogens is 4. The molecule has 0 aliphatic rings. The summed E-state index contributed by atoms with van der Waals surface area (Å²) in [6, 6.07) is 1.29. The molecule has 0 unspecified atom stereocenters. The molecule has 0 amide bonds. The minimum Gasteiger partial charge on any atom is -0.478 e. The molecule has 1 aromatic carbocycles. The van der Waals surface area contributed by atoms with E-state index in [-0.39, 0.29) is 31.8 Å². The van der Waals surface area contributed by atoms with Crippen molar-refractivity contribution in [1.82, 2.24) is 0 Å². The van der Waals surface area contributed by atoms with Gasteiger partial charge in [0.05, 0.1) is 25.7 Å². The van der Waals surface area contributed by atoms with Gasteiger partial charge in [0.25, 0.3) is 0 Å². The van der Waals surface area contributed by atoms with Gasteiger partial charge < -0.3 is 5.11 Å². The quantitative estimate of drug-likeness (QED) is 0.807. The lowest BCUT2D eigenvalue weighted by Gasteiger charge is -2.05. The fourth-order valence-electron chi connectivity index (χ4n) is 0.761. The van der Waals surface area contributed by atoms with Gasteiger partial charge in [-0.1, -0.05) is 46.4 Å². The Morgan fingerprint density at radius 3 is 1.62 bits per heavy atom. The molecule has 16 heavy (non-hydrogen) atoms. The molecule has 0 fully saturated rings. The van der Waals surface area contributed by atoms with Crippen LogP contribution in [0.15, 0.2) is 6.07 Å². The first-order valence-electron chi connectivity index (χ1n) is 3.42. The van der Waals surface area contributed by atoms with Crippen LogP contribution in [0.3, 0.4) is 0 Å². The van der Waals surface area contributed by atoms with E-state index in [1.54, 1.807) is 0 Å². The highest BCUT2D eigenvalue weighted by Gasteiger charge is 2.19. The van der Waals surface area contributed by atoms with Gasteiger partial charge in [0.2, 0.25) is 0 Å². The lowest BCUT2D eigenvalue weighted by molar-refractivity contribution is -0.191. The number of benzene rings is 1. The molecule has 1 aromatic rings. The summed E-state index contributed by atoms with van der Waals surface area (Å²) in [6.07, 6.45) is 0.250. The van der Waals surface area contributed by atoms with Crippen LogP contribution in [0.25, 0.3) is 0 Å². The van der Waals surface area contributed by atoms with Crippen LogP contribution in [0.1, 0.15) is 10.4 Å². The fourth-order valence-corrected chi connectivity index (χ4v) is 1.73. The third-order valence-corrected chi connectivity index (χ3v) is 2.90. The van der Waals surface area contributed by atoms with Crippen LogP contribution in [0, 0.1) is 0 Å². The largest absolute Gasteiger partial charge is 0.478 e. The van der Waals surface area contributed by atoms with E-state index < -0.39 is 5.97 Å². The maximum atomic E-state index is 10.7. The smallest absolute Gasteiger partial charge is 0.373 e. The number of carbonyl (C=O) groups is 1. The highest BCUT2D eigenvalue weighted by molar-refractivity contribution is 6.49. The second-order valence-electron chi connectivity index (χ2n) is 2.23. The number of carboxylic acids is 1. The number of rotatable bonds is 1. The van der Waals surface area contributed by atoms with Crippen molar-refractivity contribution in [1.29, 1.82) is 0 Å². The lowest BCUT2D eigenvalue weighted by atomic mass is 10.2. The molecule has 4 nitrogen and oxygen atoms in total. The Balaban J connectivity index is 0.000000673. The third kappa shape index (κ3) is 3.67. The standard InChI is InChI=1S/C7H2Cl4O2.CO2/c8-2-1-3(9)6(11)4(5(2)10)7(12)13;2-1-3/h1H,(H,12,13);. The Hall–Kier alpha value is -0.770. The predicted molar refractivity (Wildman–Crippen MR) is 58.4 cm³/mol. The van der Waals surface area contributed by atoms with Crippen LogP contribution >= 0.6 is 46.4 Å². The van der Waals surface area contributed by atoms with Crippen molar-refractivity contribution in [2.75, 3.05) is 0 Å². The molecule has 0 aromatic heterocycles. The van der Waals surface area contributed by atoms with Crippen molar-refractivity contribution in [2.24, 2.45) is 0 Å². The van der Waals surface area contributed by atoms with Crippen LogP contribution in [0.4, 0.5) is 0 Å². The number of carboxylic acid groups (broad SMARTS) is 1. The summed E-state index contributed by atoms with van der Waals surface area (Å²) in [6.45, 7) is 0. The van der Waals surface area contributed by atoms with Crippen molar-refractivity contribution in [3.63, 3.8) is 0 Å². The molecule has 8 heteroatoms. The summed E-state index contributed by atoms with van der Waals surface area (Å²) >= 11 is 22.4. The Morgan fingerprint density at radius 2 is 1.38 bits per heavy atom. The molecular weight excluding hydrogens is 302 g/mol. The third-order valence-electron chi connectivity index (χ3n) is 1.33. The monoisotopic (exact) mass is 302 g/mol. The van der Waals surface area contributed by atoms with Gasteiger partial charge in [-0.15, -0.1) is 0 Å². The van der Waals surface area contributed by atoms with Crippen LogP contribution in [0.5, 0.6) is 0 Å². The second kappa shape index (κ2) is 6.74. The molecule has 0 saturated heterocycles. The average Bonchev–Trinajstić information content (AvgIpc) is 2.16. The molecule has 0 aliphatic carbocycles. The second-order valence-corrected chi connectivity index (χ2v) is 3.80. The summed E-state index contributed by atoms with van der Waals surface area (Å²) in [7, 11) is 0. The number of hydrogen-bond donors (Lipinski definition) is 1. The number of hydrogen-bond acceptors (Lipinski definition) is 3. The topological polar surface area (TPSA) is 71.4 Å². The lowest BCUT2D eigenvalue weighted by Crippen LogP contribution is -1.99. The van der Waals surface area contributed by atoms with Crippen molar-refractivity contribution >= 4 is 58.5 Å². The van der Waals surface area contributed by atoms with Gasteiger partial charge in [0, 0.05) is 0 Å². The normalized spacial score (nSPS) is 8.75. The summed E-state index contributed by atoms with van der Waals surface area (Å²) in [5.41, 5.74) is -0.277. The van der Waals surface area contributed by atoms with Crippen molar-refractivity contribution < 1.29 is 19.5 Å². The van der Waals surface area contributed by atoms with Gasteiger partial charge in [-0.05, 0) is 6.07 Å². The van der Waals surface area contributed by atoms with Crippen LogP contribution in [-0.2, 0) is 9.59 Å². The summed E-state index contributed by atoms with van der Waals surface area (Å²) in [5.74, 6) is -1.26. The molecule has 0 aliphatic heterocycles. The zero-order valence-electron chi connectivity index (χ0n) is 7.26. The molecule has 1 N–H and O–H groups in total. The summed E-state index contributed by atoms with van der Waals surface area (Å²) < 4.78 is 0. The minimum atomic E-state index is -1.26. The Bertz CT molecular complexity index is 426. The minimum absolute atomic E-state index is 0.0634. The van der Waals surface area contributed by atoms with Crippen molar-refractivity contribution in [3.05, 3.63) is 31.7 Å². The zero-order valence-corrected chi connectivity index (χ0v) is 10.3. The van der Waals surface area contributed by atoms with Gasteiger partial charge in [-0.3, -0.25) is 0 Å². The number of aromatic carboxylic acids is 1. The van der Waals surface area contributed by atoms with E-state index >= 15 is 0 Å². The van der Waals surface area contributed by atoms with Crippen LogP contribution < -0.4 is 0 Å². The van der Waals surface area contributed by atoms with Crippen LogP contribution in [-0.4, -0.2) is 17.2 Å². The predicted octanol–water partition coefficient (Wildman–Crippen LogP) is 3.41. The van der Waals surface area contributed by atoms with Gasteiger partial charge in [0.15, 0.2) is 0 Å². The molecule has 0 saturated carbocycles. The van der Waals surface area contributed by atoms with E-state index in [1.165, 1.54) is 6.07 Å². The van der Waals surface area contributed by atoms with E-state index in [1.807, 2.05) is 0 Å².